The van der Waals surface area contributed by atoms with Gasteiger partial charge in [0.25, 0.3) is 5.91 Å². The molecule has 1 saturated carbocycles. The lowest BCUT2D eigenvalue weighted by Crippen LogP contribution is -2.44. The number of carbonyl (C=O) groups excluding carboxylic acids is 1. The van der Waals surface area contributed by atoms with E-state index in [1.165, 1.54) is 0 Å². The van der Waals surface area contributed by atoms with E-state index in [9.17, 15) is 14.7 Å². The topological polar surface area (TPSA) is 84.2 Å². The average Bonchev–Trinajstić information content (AvgIpc) is 2.95. The highest BCUT2D eigenvalue weighted by atomic mass is 16.4. The molecule has 6 heteroatoms. The summed E-state index contributed by atoms with van der Waals surface area (Å²) in [7, 11) is 0. The molecule has 2 N–H and O–H groups in total. The SMILES string of the molecule is CCc1c(C(=O)NCC2(C(=O)O)CCCCC2)cnn1CC(C)C. The zero-order chi connectivity index (χ0) is 17.7. The van der Waals surface area contributed by atoms with Gasteiger partial charge in [-0.2, -0.15) is 5.10 Å². The van der Waals surface area contributed by atoms with Crippen LogP contribution in [0.1, 0.15) is 68.9 Å². The van der Waals surface area contributed by atoms with Gasteiger partial charge in [-0.15, -0.1) is 0 Å². The number of rotatable bonds is 7. The molecule has 0 aromatic carbocycles. The molecule has 24 heavy (non-hydrogen) atoms. The Bertz CT molecular complexity index is 586. The van der Waals surface area contributed by atoms with Gasteiger partial charge in [0.15, 0.2) is 0 Å². The maximum atomic E-state index is 12.6. The summed E-state index contributed by atoms with van der Waals surface area (Å²) in [4.78, 5) is 24.3. The predicted molar refractivity (Wildman–Crippen MR) is 91.9 cm³/mol. The molecule has 0 spiro atoms. The number of nitrogens with zero attached hydrogens (tertiary/aromatic N) is 2. The van der Waals surface area contributed by atoms with Crippen molar-refractivity contribution in [3.05, 3.63) is 17.5 Å². The summed E-state index contributed by atoms with van der Waals surface area (Å²) in [5.74, 6) is -0.564. The first-order valence-corrected chi connectivity index (χ1v) is 8.96. The van der Waals surface area contributed by atoms with E-state index in [1.807, 2.05) is 11.6 Å². The molecule has 134 valence electrons. The number of aromatic nitrogens is 2. The molecule has 6 nitrogen and oxygen atoms in total. The molecule has 1 aliphatic carbocycles. The molecule has 0 unspecified atom stereocenters. The summed E-state index contributed by atoms with van der Waals surface area (Å²) in [6.45, 7) is 7.20. The molecule has 0 bridgehead atoms. The standard InChI is InChI=1S/C18H29N3O3/c1-4-15-14(10-20-21(15)11-13(2)3)16(22)19-12-18(17(23)24)8-6-5-7-9-18/h10,13H,4-9,11-12H2,1-3H3,(H,19,22)(H,23,24). The van der Waals surface area contributed by atoms with Crippen LogP contribution >= 0.6 is 0 Å². The highest BCUT2D eigenvalue weighted by molar-refractivity contribution is 5.95. The first-order valence-electron chi connectivity index (χ1n) is 8.96. The lowest BCUT2D eigenvalue weighted by Gasteiger charge is -2.33. The number of carboxylic acids is 1. The second kappa shape index (κ2) is 7.81. The minimum Gasteiger partial charge on any atom is -0.481 e. The second-order valence-corrected chi connectivity index (χ2v) is 7.26. The van der Waals surface area contributed by atoms with Crippen LogP contribution in [-0.2, 0) is 17.8 Å². The van der Waals surface area contributed by atoms with Crippen molar-refractivity contribution in [2.45, 2.75) is 65.8 Å². The quantitative estimate of drug-likeness (QED) is 0.802. The molecule has 1 aromatic rings. The Hall–Kier alpha value is -1.85. The largest absolute Gasteiger partial charge is 0.481 e. The fourth-order valence-corrected chi connectivity index (χ4v) is 3.52. The molecule has 0 radical (unpaired) electrons. The van der Waals surface area contributed by atoms with Gasteiger partial charge in [0.05, 0.1) is 22.9 Å². The molecule has 1 aliphatic rings. The third-order valence-corrected chi connectivity index (χ3v) is 4.92. The number of carbonyl (C=O) groups is 2. The van der Waals surface area contributed by atoms with Crippen molar-refractivity contribution in [2.24, 2.45) is 11.3 Å². The minimum absolute atomic E-state index is 0.194. The monoisotopic (exact) mass is 335 g/mol. The van der Waals surface area contributed by atoms with E-state index in [0.717, 1.165) is 37.9 Å². The van der Waals surface area contributed by atoms with E-state index in [-0.39, 0.29) is 12.5 Å². The normalized spacial score (nSPS) is 17.0. The average molecular weight is 335 g/mol. The van der Waals surface area contributed by atoms with Crippen LogP contribution in [0.3, 0.4) is 0 Å². The number of aliphatic carboxylic acids is 1. The maximum Gasteiger partial charge on any atom is 0.311 e. The van der Waals surface area contributed by atoms with Crippen LogP contribution in [0, 0.1) is 11.3 Å². The van der Waals surface area contributed by atoms with Crippen molar-refractivity contribution >= 4 is 11.9 Å². The number of carboxylic acid groups (broad SMARTS) is 1. The first-order chi connectivity index (χ1) is 11.4. The lowest BCUT2D eigenvalue weighted by atomic mass is 9.74. The summed E-state index contributed by atoms with van der Waals surface area (Å²) < 4.78 is 1.88. The molecule has 1 fully saturated rings. The Labute approximate surface area is 143 Å². The zero-order valence-electron chi connectivity index (χ0n) is 15.0. The van der Waals surface area contributed by atoms with Crippen molar-refractivity contribution in [3.63, 3.8) is 0 Å². The summed E-state index contributed by atoms with van der Waals surface area (Å²) in [6, 6.07) is 0. The van der Waals surface area contributed by atoms with Crippen molar-refractivity contribution in [3.8, 4) is 0 Å². The molecular weight excluding hydrogens is 306 g/mol. The van der Waals surface area contributed by atoms with Crippen LogP contribution in [0.5, 0.6) is 0 Å². The highest BCUT2D eigenvalue weighted by Crippen LogP contribution is 2.36. The van der Waals surface area contributed by atoms with E-state index in [4.69, 9.17) is 0 Å². The van der Waals surface area contributed by atoms with Crippen molar-refractivity contribution in [2.75, 3.05) is 6.54 Å². The van der Waals surface area contributed by atoms with Crippen LogP contribution in [0.4, 0.5) is 0 Å². The van der Waals surface area contributed by atoms with Crippen LogP contribution in [0.15, 0.2) is 6.20 Å². The fraction of sp³-hybridized carbons (Fsp3) is 0.722. The fourth-order valence-electron chi connectivity index (χ4n) is 3.52. The highest BCUT2D eigenvalue weighted by Gasteiger charge is 2.40. The first kappa shape index (κ1) is 18.5. The third-order valence-electron chi connectivity index (χ3n) is 4.92. The second-order valence-electron chi connectivity index (χ2n) is 7.26. The Morgan fingerprint density at radius 2 is 2.00 bits per heavy atom. The lowest BCUT2D eigenvalue weighted by molar-refractivity contribution is -0.150. The summed E-state index contributed by atoms with van der Waals surface area (Å²) in [5.41, 5.74) is 0.664. The van der Waals surface area contributed by atoms with Gasteiger partial charge in [0, 0.05) is 13.1 Å². The van der Waals surface area contributed by atoms with E-state index in [1.54, 1.807) is 6.20 Å². The Morgan fingerprint density at radius 1 is 1.33 bits per heavy atom. The zero-order valence-corrected chi connectivity index (χ0v) is 15.0. The van der Waals surface area contributed by atoms with Crippen LogP contribution in [0.25, 0.3) is 0 Å². The van der Waals surface area contributed by atoms with Crippen molar-refractivity contribution in [1.82, 2.24) is 15.1 Å². The van der Waals surface area contributed by atoms with Crippen molar-refractivity contribution < 1.29 is 14.7 Å². The van der Waals surface area contributed by atoms with Crippen LogP contribution in [-0.4, -0.2) is 33.3 Å². The molecule has 0 saturated heterocycles. The number of nitrogens with one attached hydrogen (secondary N) is 1. The molecule has 2 rings (SSSR count). The van der Waals surface area contributed by atoms with E-state index >= 15 is 0 Å². The predicted octanol–water partition coefficient (Wildman–Crippen LogP) is 2.87. The Morgan fingerprint density at radius 3 is 2.54 bits per heavy atom. The number of amides is 1. The van der Waals surface area contributed by atoms with Gasteiger partial charge in [-0.1, -0.05) is 40.0 Å². The van der Waals surface area contributed by atoms with Crippen LogP contribution < -0.4 is 5.32 Å². The Kier molecular flexibility index (Phi) is 6.02. The molecular formula is C18H29N3O3. The molecule has 1 heterocycles. The Balaban J connectivity index is 2.09. The molecule has 1 amide bonds. The van der Waals surface area contributed by atoms with Crippen LogP contribution in [0.2, 0.25) is 0 Å². The van der Waals surface area contributed by atoms with Gasteiger partial charge in [-0.3, -0.25) is 14.3 Å². The van der Waals surface area contributed by atoms with E-state index in [0.29, 0.717) is 24.3 Å². The van der Waals surface area contributed by atoms with E-state index in [2.05, 4.69) is 24.3 Å². The molecule has 0 aliphatic heterocycles. The van der Waals surface area contributed by atoms with Gasteiger partial charge in [0.1, 0.15) is 0 Å². The van der Waals surface area contributed by atoms with Crippen molar-refractivity contribution in [1.29, 1.82) is 0 Å². The van der Waals surface area contributed by atoms with Gasteiger partial charge in [-0.25, -0.2) is 0 Å². The summed E-state index contributed by atoms with van der Waals surface area (Å²) >= 11 is 0. The summed E-state index contributed by atoms with van der Waals surface area (Å²) in [6.07, 6.45) is 6.49. The van der Waals surface area contributed by atoms with E-state index < -0.39 is 11.4 Å². The summed E-state index contributed by atoms with van der Waals surface area (Å²) in [5, 5.41) is 16.8. The maximum absolute atomic E-state index is 12.6. The van der Waals surface area contributed by atoms with Gasteiger partial charge in [-0.05, 0) is 25.2 Å². The number of hydrogen-bond acceptors (Lipinski definition) is 3. The van der Waals surface area contributed by atoms with Gasteiger partial charge < -0.3 is 10.4 Å². The smallest absolute Gasteiger partial charge is 0.311 e. The number of hydrogen-bond donors (Lipinski definition) is 2. The third kappa shape index (κ3) is 3.97. The van der Waals surface area contributed by atoms with Gasteiger partial charge in [0.2, 0.25) is 0 Å². The van der Waals surface area contributed by atoms with Gasteiger partial charge >= 0.3 is 5.97 Å². The minimum atomic E-state index is -0.811. The molecule has 0 atom stereocenters. The molecule has 1 aromatic heterocycles.